The molecule has 0 aliphatic carbocycles. The number of hydrogen-bond acceptors (Lipinski definition) is 3. The van der Waals surface area contributed by atoms with Crippen molar-refractivity contribution < 1.29 is 13.6 Å². The number of hydrogen-bond donors (Lipinski definition) is 2. The molecule has 2 aromatic carbocycles. The van der Waals surface area contributed by atoms with E-state index in [9.17, 15) is 18.4 Å². The third kappa shape index (κ3) is 3.73. The zero-order valence-corrected chi connectivity index (χ0v) is 15.6. The molecule has 0 aliphatic rings. The highest BCUT2D eigenvalue weighted by Crippen LogP contribution is 2.22. The number of halogens is 2. The van der Waals surface area contributed by atoms with E-state index in [1.807, 2.05) is 25.1 Å². The molecule has 29 heavy (non-hydrogen) atoms. The standard InChI is InChI=1S/C21H18F2N4O2/c1-12-2-5-17-15(8-12)19-20(26-17)21(29)27(11-25-19)7-6-18(28)24-10-13-3-4-14(22)9-16(13)23/h2-5,8-9,11,26H,6-7,10H2,1H3,(H,24,28). The minimum atomic E-state index is -0.717. The Morgan fingerprint density at radius 2 is 2.03 bits per heavy atom. The van der Waals surface area contributed by atoms with Crippen LogP contribution in [0.2, 0.25) is 0 Å². The van der Waals surface area contributed by atoms with Crippen molar-refractivity contribution in [3.63, 3.8) is 0 Å². The molecular formula is C21H18F2N4O2. The molecule has 0 atom stereocenters. The molecule has 0 aliphatic heterocycles. The fourth-order valence-electron chi connectivity index (χ4n) is 3.23. The van der Waals surface area contributed by atoms with Gasteiger partial charge in [-0.2, -0.15) is 0 Å². The van der Waals surface area contributed by atoms with E-state index in [2.05, 4.69) is 15.3 Å². The van der Waals surface area contributed by atoms with Gasteiger partial charge in [-0.05, 0) is 25.1 Å². The Kier molecular flexibility index (Phi) is 4.84. The topological polar surface area (TPSA) is 79.8 Å². The number of nitrogens with one attached hydrogen (secondary N) is 2. The van der Waals surface area contributed by atoms with E-state index in [1.54, 1.807) is 0 Å². The van der Waals surface area contributed by atoms with Gasteiger partial charge in [-0.1, -0.05) is 17.7 Å². The van der Waals surface area contributed by atoms with Crippen LogP contribution < -0.4 is 10.9 Å². The summed E-state index contributed by atoms with van der Waals surface area (Å²) in [7, 11) is 0. The van der Waals surface area contributed by atoms with Gasteiger partial charge < -0.3 is 10.3 Å². The van der Waals surface area contributed by atoms with Crippen molar-refractivity contribution in [2.45, 2.75) is 26.4 Å². The highest BCUT2D eigenvalue weighted by Gasteiger charge is 2.12. The number of carbonyl (C=O) groups excluding carboxylic acids is 1. The maximum absolute atomic E-state index is 13.6. The first kappa shape index (κ1) is 18.8. The van der Waals surface area contributed by atoms with Gasteiger partial charge in [0, 0.05) is 42.0 Å². The van der Waals surface area contributed by atoms with Crippen LogP contribution >= 0.6 is 0 Å². The molecule has 0 fully saturated rings. The Morgan fingerprint density at radius 1 is 1.21 bits per heavy atom. The van der Waals surface area contributed by atoms with Crippen LogP contribution in [0.1, 0.15) is 17.5 Å². The van der Waals surface area contributed by atoms with Crippen LogP contribution in [0.25, 0.3) is 21.9 Å². The van der Waals surface area contributed by atoms with Crippen LogP contribution in [-0.2, 0) is 17.9 Å². The summed E-state index contributed by atoms with van der Waals surface area (Å²) in [6, 6.07) is 9.00. The lowest BCUT2D eigenvalue weighted by atomic mass is 10.2. The fraction of sp³-hybridized carbons (Fsp3) is 0.190. The zero-order chi connectivity index (χ0) is 20.5. The molecule has 0 saturated heterocycles. The van der Waals surface area contributed by atoms with Gasteiger partial charge in [0.15, 0.2) is 0 Å². The number of aryl methyl sites for hydroxylation is 2. The van der Waals surface area contributed by atoms with Gasteiger partial charge in [0.05, 0.1) is 6.33 Å². The van der Waals surface area contributed by atoms with Gasteiger partial charge in [0.25, 0.3) is 5.56 Å². The van der Waals surface area contributed by atoms with Crippen LogP contribution in [0, 0.1) is 18.6 Å². The van der Waals surface area contributed by atoms with Crippen LogP contribution in [0.3, 0.4) is 0 Å². The first-order valence-electron chi connectivity index (χ1n) is 9.10. The second-order valence-electron chi connectivity index (χ2n) is 6.90. The monoisotopic (exact) mass is 396 g/mol. The first-order valence-corrected chi connectivity index (χ1v) is 9.10. The largest absolute Gasteiger partial charge is 0.352 e. The van der Waals surface area contributed by atoms with Crippen molar-refractivity contribution in [3.8, 4) is 0 Å². The summed E-state index contributed by atoms with van der Waals surface area (Å²) < 4.78 is 27.9. The molecule has 4 rings (SSSR count). The van der Waals surface area contributed by atoms with Crippen molar-refractivity contribution in [2.75, 3.05) is 0 Å². The lowest BCUT2D eigenvalue weighted by molar-refractivity contribution is -0.121. The molecule has 148 valence electrons. The van der Waals surface area contributed by atoms with E-state index in [0.29, 0.717) is 11.0 Å². The van der Waals surface area contributed by atoms with Crippen molar-refractivity contribution in [2.24, 2.45) is 0 Å². The highest BCUT2D eigenvalue weighted by atomic mass is 19.1. The van der Waals surface area contributed by atoms with E-state index >= 15 is 0 Å². The van der Waals surface area contributed by atoms with Gasteiger partial charge in [-0.25, -0.2) is 13.8 Å². The maximum Gasteiger partial charge on any atom is 0.277 e. The second kappa shape index (κ2) is 7.46. The predicted molar refractivity (Wildman–Crippen MR) is 105 cm³/mol. The number of fused-ring (bicyclic) bond motifs is 3. The number of amides is 1. The summed E-state index contributed by atoms with van der Waals surface area (Å²) in [5.74, 6) is -1.75. The molecule has 6 nitrogen and oxygen atoms in total. The third-order valence-electron chi connectivity index (χ3n) is 4.80. The minimum Gasteiger partial charge on any atom is -0.352 e. The van der Waals surface area contributed by atoms with Crippen molar-refractivity contribution >= 4 is 27.8 Å². The average Bonchev–Trinajstić information content (AvgIpc) is 3.05. The third-order valence-corrected chi connectivity index (χ3v) is 4.80. The van der Waals surface area contributed by atoms with Gasteiger partial charge in [0.2, 0.25) is 5.91 Å². The normalized spacial score (nSPS) is 11.3. The maximum atomic E-state index is 13.6. The number of benzene rings is 2. The Labute approximate surface area is 164 Å². The Hall–Kier alpha value is -3.55. The Bertz CT molecular complexity index is 1290. The summed E-state index contributed by atoms with van der Waals surface area (Å²) >= 11 is 0. The SMILES string of the molecule is Cc1ccc2[nH]c3c(=O)n(CCC(=O)NCc4ccc(F)cc4F)cnc3c2c1. The first-order chi connectivity index (χ1) is 13.9. The number of H-pyrrole nitrogens is 1. The van der Waals surface area contributed by atoms with E-state index < -0.39 is 11.6 Å². The fourth-order valence-corrected chi connectivity index (χ4v) is 3.23. The lowest BCUT2D eigenvalue weighted by Crippen LogP contribution is -2.27. The summed E-state index contributed by atoms with van der Waals surface area (Å²) in [6.45, 7) is 2.04. The van der Waals surface area contributed by atoms with E-state index in [4.69, 9.17) is 0 Å². The molecular weight excluding hydrogens is 378 g/mol. The average molecular weight is 396 g/mol. The van der Waals surface area contributed by atoms with Gasteiger partial charge >= 0.3 is 0 Å². The van der Waals surface area contributed by atoms with Gasteiger partial charge in [-0.15, -0.1) is 0 Å². The van der Waals surface area contributed by atoms with Crippen LogP contribution in [-0.4, -0.2) is 20.4 Å². The van der Waals surface area contributed by atoms with Gasteiger partial charge in [0.1, 0.15) is 22.7 Å². The molecule has 0 unspecified atom stereocenters. The molecule has 0 radical (unpaired) electrons. The summed E-state index contributed by atoms with van der Waals surface area (Å²) in [6.07, 6.45) is 1.45. The predicted octanol–water partition coefficient (Wildman–Crippen LogP) is 3.17. The summed E-state index contributed by atoms with van der Waals surface area (Å²) in [4.78, 5) is 32.3. The molecule has 8 heteroatoms. The second-order valence-corrected chi connectivity index (χ2v) is 6.90. The van der Waals surface area contributed by atoms with Crippen LogP contribution in [0.5, 0.6) is 0 Å². The smallest absolute Gasteiger partial charge is 0.277 e. The molecule has 2 aromatic heterocycles. The van der Waals surface area contributed by atoms with E-state index in [1.165, 1.54) is 17.0 Å². The molecule has 0 bridgehead atoms. The zero-order valence-electron chi connectivity index (χ0n) is 15.6. The van der Waals surface area contributed by atoms with Crippen molar-refractivity contribution in [1.82, 2.24) is 19.9 Å². The molecule has 4 aromatic rings. The Balaban J connectivity index is 1.46. The molecule has 2 heterocycles. The number of aromatic nitrogens is 3. The molecule has 0 saturated carbocycles. The molecule has 2 N–H and O–H groups in total. The summed E-state index contributed by atoms with van der Waals surface area (Å²) in [5.41, 5.74) is 2.81. The number of nitrogens with zero attached hydrogens (tertiary/aromatic N) is 2. The van der Waals surface area contributed by atoms with Crippen molar-refractivity contribution in [1.29, 1.82) is 0 Å². The van der Waals surface area contributed by atoms with Crippen LogP contribution in [0.15, 0.2) is 47.5 Å². The summed E-state index contributed by atoms with van der Waals surface area (Å²) in [5, 5.41) is 3.45. The quantitative estimate of drug-likeness (QED) is 0.544. The highest BCUT2D eigenvalue weighted by molar-refractivity contribution is 6.04. The lowest BCUT2D eigenvalue weighted by Gasteiger charge is -2.08. The molecule has 0 spiro atoms. The van der Waals surface area contributed by atoms with Crippen LogP contribution in [0.4, 0.5) is 8.78 Å². The number of rotatable bonds is 5. The van der Waals surface area contributed by atoms with E-state index in [-0.39, 0.29) is 36.5 Å². The molecule has 1 amide bonds. The van der Waals surface area contributed by atoms with E-state index in [0.717, 1.165) is 28.6 Å². The minimum absolute atomic E-state index is 0.0231. The number of aromatic amines is 1. The Morgan fingerprint density at radius 3 is 2.83 bits per heavy atom. The van der Waals surface area contributed by atoms with Gasteiger partial charge in [-0.3, -0.25) is 14.2 Å². The number of carbonyl (C=O) groups is 1. The van der Waals surface area contributed by atoms with Crippen molar-refractivity contribution in [3.05, 3.63) is 75.8 Å².